The van der Waals surface area contributed by atoms with Gasteiger partial charge < -0.3 is 25.4 Å². The second-order valence-electron chi connectivity index (χ2n) is 6.57. The quantitative estimate of drug-likeness (QED) is 0.738. The number of benzene rings is 1. The molecule has 2 fully saturated rings. The average molecular weight is 361 g/mol. The fraction of sp³-hybridized carbons (Fsp3) is 0.500. The van der Waals surface area contributed by atoms with Crippen molar-refractivity contribution in [2.75, 3.05) is 18.4 Å². The van der Waals surface area contributed by atoms with Crippen molar-refractivity contribution in [1.82, 2.24) is 10.2 Å². The topological polar surface area (TPSA) is 108 Å². The summed E-state index contributed by atoms with van der Waals surface area (Å²) < 4.78 is 5.23. The summed E-state index contributed by atoms with van der Waals surface area (Å²) in [7, 11) is 0. The van der Waals surface area contributed by atoms with Crippen molar-refractivity contribution in [2.45, 2.75) is 44.4 Å². The predicted octanol–water partition coefficient (Wildman–Crippen LogP) is 1.56. The molecular formula is C18H23N3O5. The largest absolute Gasteiger partial charge is 0.479 e. The van der Waals surface area contributed by atoms with Crippen LogP contribution in [0.1, 0.15) is 31.2 Å². The Morgan fingerprint density at radius 3 is 2.58 bits per heavy atom. The van der Waals surface area contributed by atoms with E-state index in [4.69, 9.17) is 9.84 Å². The van der Waals surface area contributed by atoms with Crippen molar-refractivity contribution < 1.29 is 24.2 Å². The Morgan fingerprint density at radius 1 is 1.15 bits per heavy atom. The first-order valence-electron chi connectivity index (χ1n) is 8.84. The molecule has 8 nitrogen and oxygen atoms in total. The zero-order chi connectivity index (χ0) is 18.5. The van der Waals surface area contributed by atoms with Crippen LogP contribution in [0.25, 0.3) is 0 Å². The molecule has 0 unspecified atom stereocenters. The molecule has 0 bridgehead atoms. The maximum Gasteiger partial charge on any atom is 0.332 e. The SMILES string of the molecule is O=C(NCc1cccc(NC(=O)N2CCCC2)c1)[C@@H]1CC[C@H](C(=O)O)O1. The molecule has 2 aliphatic rings. The van der Waals surface area contributed by atoms with Gasteiger partial charge in [0.1, 0.15) is 6.10 Å². The van der Waals surface area contributed by atoms with Crippen LogP contribution in [0.4, 0.5) is 10.5 Å². The number of urea groups is 1. The van der Waals surface area contributed by atoms with Crippen LogP contribution >= 0.6 is 0 Å². The van der Waals surface area contributed by atoms with Crippen molar-refractivity contribution in [3.63, 3.8) is 0 Å². The lowest BCUT2D eigenvalue weighted by atomic mass is 10.1. The van der Waals surface area contributed by atoms with E-state index in [1.54, 1.807) is 11.0 Å². The van der Waals surface area contributed by atoms with Crippen LogP contribution in [0.3, 0.4) is 0 Å². The highest BCUT2D eigenvalue weighted by molar-refractivity contribution is 5.89. The highest BCUT2D eigenvalue weighted by Crippen LogP contribution is 2.20. The molecule has 3 rings (SSSR count). The summed E-state index contributed by atoms with van der Waals surface area (Å²) in [5.41, 5.74) is 1.52. The fourth-order valence-electron chi connectivity index (χ4n) is 3.20. The molecule has 26 heavy (non-hydrogen) atoms. The first-order valence-corrected chi connectivity index (χ1v) is 8.84. The third-order valence-electron chi connectivity index (χ3n) is 4.63. The third-order valence-corrected chi connectivity index (χ3v) is 4.63. The maximum absolute atomic E-state index is 12.1. The third kappa shape index (κ3) is 4.51. The van der Waals surface area contributed by atoms with E-state index in [1.165, 1.54) is 0 Å². The van der Waals surface area contributed by atoms with Gasteiger partial charge in [-0.25, -0.2) is 9.59 Å². The van der Waals surface area contributed by atoms with Gasteiger partial charge in [-0.1, -0.05) is 12.1 Å². The Kier molecular flexibility index (Phi) is 5.72. The molecule has 2 saturated heterocycles. The zero-order valence-electron chi connectivity index (χ0n) is 14.4. The normalized spacial score (nSPS) is 22.2. The molecule has 2 atom stereocenters. The number of carboxylic acids is 1. The number of aliphatic carboxylic acids is 1. The van der Waals surface area contributed by atoms with Crippen LogP contribution in [0.2, 0.25) is 0 Å². The molecule has 0 spiro atoms. The highest BCUT2D eigenvalue weighted by Gasteiger charge is 2.34. The Labute approximate surface area is 151 Å². The Balaban J connectivity index is 1.50. The van der Waals surface area contributed by atoms with Crippen LogP contribution in [-0.4, -0.2) is 53.2 Å². The molecule has 0 saturated carbocycles. The van der Waals surface area contributed by atoms with E-state index in [0.717, 1.165) is 31.5 Å². The standard InChI is InChI=1S/C18H23N3O5/c22-16(14-6-7-15(26-14)17(23)24)19-11-12-4-3-5-13(10-12)20-18(25)21-8-1-2-9-21/h3-5,10,14-15H,1-2,6-9,11H2,(H,19,22)(H,20,25)(H,23,24)/t14-,15+/m0/s1. The number of rotatable bonds is 5. The molecule has 1 aromatic rings. The van der Waals surface area contributed by atoms with Crippen molar-refractivity contribution in [2.24, 2.45) is 0 Å². The minimum atomic E-state index is -1.04. The van der Waals surface area contributed by atoms with Crippen LogP contribution in [-0.2, 0) is 20.9 Å². The van der Waals surface area contributed by atoms with E-state index < -0.39 is 18.2 Å². The summed E-state index contributed by atoms with van der Waals surface area (Å²) >= 11 is 0. The number of nitrogens with one attached hydrogen (secondary N) is 2. The van der Waals surface area contributed by atoms with Crippen LogP contribution in [0.5, 0.6) is 0 Å². The van der Waals surface area contributed by atoms with Crippen LogP contribution in [0.15, 0.2) is 24.3 Å². The van der Waals surface area contributed by atoms with E-state index in [9.17, 15) is 14.4 Å². The zero-order valence-corrected chi connectivity index (χ0v) is 14.4. The van der Waals surface area contributed by atoms with Gasteiger partial charge in [-0.2, -0.15) is 0 Å². The molecular weight excluding hydrogens is 338 g/mol. The number of amides is 3. The molecule has 0 aromatic heterocycles. The van der Waals surface area contributed by atoms with E-state index in [0.29, 0.717) is 18.5 Å². The summed E-state index contributed by atoms with van der Waals surface area (Å²) in [5, 5.41) is 14.5. The van der Waals surface area contributed by atoms with Gasteiger partial charge in [-0.3, -0.25) is 4.79 Å². The maximum atomic E-state index is 12.1. The lowest BCUT2D eigenvalue weighted by Gasteiger charge is -2.17. The Hall–Kier alpha value is -2.61. The molecule has 3 amide bonds. The van der Waals surface area contributed by atoms with Crippen LogP contribution in [0, 0.1) is 0 Å². The summed E-state index contributed by atoms with van der Waals surface area (Å²) in [4.78, 5) is 36.9. The summed E-state index contributed by atoms with van der Waals surface area (Å²) in [5.74, 6) is -1.36. The minimum Gasteiger partial charge on any atom is -0.479 e. The first kappa shape index (κ1) is 18.2. The number of carbonyl (C=O) groups is 3. The number of hydrogen-bond donors (Lipinski definition) is 3. The number of anilines is 1. The highest BCUT2D eigenvalue weighted by atomic mass is 16.5. The molecule has 0 aliphatic carbocycles. The number of nitrogens with zero attached hydrogens (tertiary/aromatic N) is 1. The van der Waals surface area contributed by atoms with Gasteiger partial charge in [0.25, 0.3) is 0 Å². The van der Waals surface area contributed by atoms with Crippen molar-refractivity contribution in [3.05, 3.63) is 29.8 Å². The van der Waals surface area contributed by atoms with E-state index in [-0.39, 0.29) is 18.5 Å². The minimum absolute atomic E-state index is 0.109. The lowest BCUT2D eigenvalue weighted by Crippen LogP contribution is -2.35. The number of carboxylic acid groups (broad SMARTS) is 1. The van der Waals surface area contributed by atoms with Crippen molar-refractivity contribution in [1.29, 1.82) is 0 Å². The van der Waals surface area contributed by atoms with Gasteiger partial charge >= 0.3 is 12.0 Å². The van der Waals surface area contributed by atoms with Gasteiger partial charge in [0.05, 0.1) is 0 Å². The van der Waals surface area contributed by atoms with Gasteiger partial charge in [0.2, 0.25) is 5.91 Å². The number of hydrogen-bond acceptors (Lipinski definition) is 4. The first-order chi connectivity index (χ1) is 12.5. The van der Waals surface area contributed by atoms with Gasteiger partial charge in [0.15, 0.2) is 6.10 Å². The van der Waals surface area contributed by atoms with Gasteiger partial charge in [-0.15, -0.1) is 0 Å². The molecule has 0 radical (unpaired) electrons. The van der Waals surface area contributed by atoms with Gasteiger partial charge in [0, 0.05) is 25.3 Å². The predicted molar refractivity (Wildman–Crippen MR) is 93.6 cm³/mol. The lowest BCUT2D eigenvalue weighted by molar-refractivity contribution is -0.151. The van der Waals surface area contributed by atoms with Crippen molar-refractivity contribution >= 4 is 23.6 Å². The molecule has 3 N–H and O–H groups in total. The number of ether oxygens (including phenoxy) is 1. The molecule has 140 valence electrons. The Bertz CT molecular complexity index is 687. The fourth-order valence-corrected chi connectivity index (χ4v) is 3.20. The number of carbonyl (C=O) groups excluding carboxylic acids is 2. The smallest absolute Gasteiger partial charge is 0.332 e. The van der Waals surface area contributed by atoms with E-state index in [2.05, 4.69) is 10.6 Å². The Morgan fingerprint density at radius 2 is 1.88 bits per heavy atom. The monoisotopic (exact) mass is 361 g/mol. The van der Waals surface area contributed by atoms with E-state index >= 15 is 0 Å². The van der Waals surface area contributed by atoms with Gasteiger partial charge in [-0.05, 0) is 43.4 Å². The van der Waals surface area contributed by atoms with Crippen molar-refractivity contribution in [3.8, 4) is 0 Å². The van der Waals surface area contributed by atoms with E-state index in [1.807, 2.05) is 18.2 Å². The molecule has 8 heteroatoms. The summed E-state index contributed by atoms with van der Waals surface area (Å²) in [6, 6.07) is 7.16. The summed E-state index contributed by atoms with van der Waals surface area (Å²) in [6.45, 7) is 1.84. The number of likely N-dealkylation sites (tertiary alicyclic amines) is 1. The molecule has 2 aliphatic heterocycles. The van der Waals surface area contributed by atoms with Crippen LogP contribution < -0.4 is 10.6 Å². The second kappa shape index (κ2) is 8.18. The molecule has 1 aromatic carbocycles. The average Bonchev–Trinajstić information content (AvgIpc) is 3.31. The second-order valence-corrected chi connectivity index (χ2v) is 6.57. The summed E-state index contributed by atoms with van der Waals surface area (Å²) in [6.07, 6.45) is 1.17. The molecule has 2 heterocycles.